The van der Waals surface area contributed by atoms with Gasteiger partial charge in [-0.15, -0.1) is 6.20 Å². The zero-order valence-corrected chi connectivity index (χ0v) is 9.51. The van der Waals surface area contributed by atoms with Gasteiger partial charge in [0.25, 0.3) is 0 Å². The summed E-state index contributed by atoms with van der Waals surface area (Å²) in [6.07, 6.45) is 1.64. The minimum atomic E-state index is 0. The topological polar surface area (TPSA) is 29.0 Å². The van der Waals surface area contributed by atoms with E-state index in [9.17, 15) is 0 Å². The molecule has 0 spiro atoms. The van der Waals surface area contributed by atoms with Crippen molar-refractivity contribution < 1.29 is 20.4 Å². The van der Waals surface area contributed by atoms with E-state index in [0.717, 1.165) is 11.6 Å². The van der Waals surface area contributed by atoms with Crippen LogP contribution in [0.15, 0.2) is 6.20 Å². The van der Waals surface area contributed by atoms with Crippen molar-refractivity contribution >= 4 is 5.82 Å². The Morgan fingerprint density at radius 3 is 2.45 bits per heavy atom. The predicted octanol–water partition coefficient (Wildman–Crippen LogP) is 0.649. The SMILES string of the molecule is Cc1nc[c-]c(N(C)C)n1.[Re]. The summed E-state index contributed by atoms with van der Waals surface area (Å²) in [5.74, 6) is 1.61. The third-order valence-electron chi connectivity index (χ3n) is 1.14. The maximum Gasteiger partial charge on any atom is 0.120 e. The van der Waals surface area contributed by atoms with Crippen LogP contribution in [-0.4, -0.2) is 24.1 Å². The number of hydrogen-bond donors (Lipinski definition) is 0. The van der Waals surface area contributed by atoms with Gasteiger partial charge < -0.3 is 11.0 Å². The average Bonchev–Trinajstić information content (AvgIpc) is 1.88. The standard InChI is InChI=1S/C7H10N3.Re/c1-6-8-5-4-7(9-6)10(2)3;/h5H,1-3H3;/q-1;. The molecule has 1 aromatic heterocycles. The molecule has 0 fully saturated rings. The van der Waals surface area contributed by atoms with Gasteiger partial charge in [-0.2, -0.15) is 0 Å². The first-order chi connectivity index (χ1) is 4.70. The molecule has 0 atom stereocenters. The zero-order valence-electron chi connectivity index (χ0n) is 6.80. The molecule has 1 rings (SSSR count). The summed E-state index contributed by atoms with van der Waals surface area (Å²) in [6.45, 7) is 1.86. The van der Waals surface area contributed by atoms with E-state index in [-0.39, 0.29) is 20.4 Å². The van der Waals surface area contributed by atoms with Crippen LogP contribution >= 0.6 is 0 Å². The van der Waals surface area contributed by atoms with E-state index in [0.29, 0.717) is 0 Å². The second kappa shape index (κ2) is 4.43. The molecule has 0 bridgehead atoms. The summed E-state index contributed by atoms with van der Waals surface area (Å²) >= 11 is 0. The molecule has 11 heavy (non-hydrogen) atoms. The van der Waals surface area contributed by atoms with Crippen molar-refractivity contribution in [2.24, 2.45) is 0 Å². The minimum Gasteiger partial charge on any atom is -0.408 e. The van der Waals surface area contributed by atoms with Gasteiger partial charge in [0.2, 0.25) is 0 Å². The van der Waals surface area contributed by atoms with E-state index in [1.165, 1.54) is 0 Å². The van der Waals surface area contributed by atoms with Gasteiger partial charge in [-0.25, -0.2) is 0 Å². The molecule has 0 aliphatic heterocycles. The van der Waals surface area contributed by atoms with E-state index in [4.69, 9.17) is 0 Å². The molecule has 0 aromatic carbocycles. The molecule has 3 nitrogen and oxygen atoms in total. The van der Waals surface area contributed by atoms with Crippen LogP contribution in [0.5, 0.6) is 0 Å². The van der Waals surface area contributed by atoms with Gasteiger partial charge in [-0.05, 0) is 6.92 Å². The smallest absolute Gasteiger partial charge is 0.120 e. The average molecular weight is 322 g/mol. The fourth-order valence-corrected chi connectivity index (χ4v) is 0.627. The van der Waals surface area contributed by atoms with Crippen LogP contribution in [0.3, 0.4) is 0 Å². The number of aromatic nitrogens is 2. The molecule has 61 valence electrons. The summed E-state index contributed by atoms with van der Waals surface area (Å²) in [6, 6.07) is 2.91. The predicted molar refractivity (Wildman–Crippen MR) is 39.9 cm³/mol. The first-order valence-corrected chi connectivity index (χ1v) is 3.09. The van der Waals surface area contributed by atoms with Crippen LogP contribution in [0.1, 0.15) is 5.82 Å². The van der Waals surface area contributed by atoms with E-state index in [2.05, 4.69) is 16.0 Å². The van der Waals surface area contributed by atoms with E-state index >= 15 is 0 Å². The van der Waals surface area contributed by atoms with Gasteiger partial charge in [-0.3, -0.25) is 9.97 Å². The third-order valence-corrected chi connectivity index (χ3v) is 1.14. The van der Waals surface area contributed by atoms with Crippen LogP contribution in [0.2, 0.25) is 0 Å². The van der Waals surface area contributed by atoms with Crippen LogP contribution in [0, 0.1) is 13.0 Å². The molecule has 4 heteroatoms. The Balaban J connectivity index is 0.000001000. The molecule has 0 saturated carbocycles. The molecule has 0 aliphatic carbocycles. The summed E-state index contributed by atoms with van der Waals surface area (Å²) in [7, 11) is 3.86. The molecule has 0 N–H and O–H groups in total. The summed E-state index contributed by atoms with van der Waals surface area (Å²) in [4.78, 5) is 9.96. The second-order valence-electron chi connectivity index (χ2n) is 2.28. The number of hydrogen-bond acceptors (Lipinski definition) is 3. The van der Waals surface area contributed by atoms with Crippen molar-refractivity contribution in [3.63, 3.8) is 0 Å². The minimum absolute atomic E-state index is 0. The largest absolute Gasteiger partial charge is 0.408 e. The zero-order chi connectivity index (χ0) is 7.56. The molecule has 0 aliphatic rings. The Bertz CT molecular complexity index is 225. The normalized spacial score (nSPS) is 8.64. The van der Waals surface area contributed by atoms with Crippen LogP contribution < -0.4 is 4.90 Å². The van der Waals surface area contributed by atoms with E-state index in [1.54, 1.807) is 6.20 Å². The maximum absolute atomic E-state index is 4.13. The van der Waals surface area contributed by atoms with E-state index < -0.39 is 0 Å². The molecular formula is C7H10N3Re-. The molecule has 0 unspecified atom stereocenters. The number of nitrogens with zero attached hydrogens (tertiary/aromatic N) is 3. The van der Waals surface area contributed by atoms with Crippen molar-refractivity contribution in [3.05, 3.63) is 18.1 Å². The Labute approximate surface area is 80.5 Å². The summed E-state index contributed by atoms with van der Waals surface area (Å²) in [5.41, 5.74) is 0. The monoisotopic (exact) mass is 323 g/mol. The molecular weight excluding hydrogens is 312 g/mol. The fourth-order valence-electron chi connectivity index (χ4n) is 0.627. The van der Waals surface area contributed by atoms with Gasteiger partial charge in [-0.1, -0.05) is 5.82 Å². The number of anilines is 1. The number of rotatable bonds is 1. The Kier molecular flexibility index (Phi) is 4.24. The van der Waals surface area contributed by atoms with Crippen molar-refractivity contribution in [3.8, 4) is 0 Å². The van der Waals surface area contributed by atoms with Crippen molar-refractivity contribution in [1.29, 1.82) is 0 Å². The summed E-state index contributed by atoms with van der Waals surface area (Å²) < 4.78 is 0. The van der Waals surface area contributed by atoms with Crippen molar-refractivity contribution in [2.45, 2.75) is 6.92 Å². The quantitative estimate of drug-likeness (QED) is 0.711. The fraction of sp³-hybridized carbons (Fsp3) is 0.429. The van der Waals surface area contributed by atoms with Gasteiger partial charge in [0.05, 0.1) is 0 Å². The van der Waals surface area contributed by atoms with Crippen molar-refractivity contribution in [2.75, 3.05) is 19.0 Å². The molecule has 1 aromatic rings. The van der Waals surface area contributed by atoms with Crippen LogP contribution in [0.4, 0.5) is 5.82 Å². The van der Waals surface area contributed by atoms with Crippen molar-refractivity contribution in [1.82, 2.24) is 9.97 Å². The first-order valence-electron chi connectivity index (χ1n) is 3.09. The van der Waals surface area contributed by atoms with E-state index in [1.807, 2.05) is 25.9 Å². The molecule has 0 amide bonds. The van der Waals surface area contributed by atoms with Gasteiger partial charge in [0, 0.05) is 34.5 Å². The maximum atomic E-state index is 4.13. The van der Waals surface area contributed by atoms with Crippen LogP contribution in [-0.2, 0) is 20.4 Å². The van der Waals surface area contributed by atoms with Crippen LogP contribution in [0.25, 0.3) is 0 Å². The summed E-state index contributed by atoms with van der Waals surface area (Å²) in [5, 5.41) is 0. The molecule has 1 radical (unpaired) electrons. The second-order valence-corrected chi connectivity index (χ2v) is 2.28. The van der Waals surface area contributed by atoms with Gasteiger partial charge >= 0.3 is 0 Å². The van der Waals surface area contributed by atoms with Gasteiger partial charge in [0.1, 0.15) is 5.82 Å². The third kappa shape index (κ3) is 2.96. The number of aryl methyl sites for hydroxylation is 1. The Morgan fingerprint density at radius 2 is 2.09 bits per heavy atom. The first kappa shape index (κ1) is 10.5. The Morgan fingerprint density at radius 1 is 1.45 bits per heavy atom. The Hall–Kier alpha value is -0.458. The van der Waals surface area contributed by atoms with Gasteiger partial charge in [0.15, 0.2) is 0 Å². The molecule has 0 saturated heterocycles. The molecule has 1 heterocycles.